The molecule has 3 rings (SSSR count). The molecule has 0 saturated heterocycles. The molecule has 0 saturated carbocycles. The van der Waals surface area contributed by atoms with Crippen molar-refractivity contribution in [2.75, 3.05) is 0 Å². The average molecular weight is 446 g/mol. The summed E-state index contributed by atoms with van der Waals surface area (Å²) in [7, 11) is -4.08. The normalized spacial score (nSPS) is 13.5. The van der Waals surface area contributed by atoms with Crippen LogP contribution in [-0.2, 0) is 27.5 Å². The van der Waals surface area contributed by atoms with E-state index in [1.54, 1.807) is 0 Å². The maximum atomic E-state index is 12.9. The van der Waals surface area contributed by atoms with Crippen LogP contribution in [0.2, 0.25) is 0 Å². The molecular weight excluding hydrogens is 429 g/mol. The fourth-order valence-corrected chi connectivity index (χ4v) is 4.28. The van der Waals surface area contributed by atoms with E-state index in [4.69, 9.17) is 4.52 Å². The smallest absolute Gasteiger partial charge is 0.360 e. The third kappa shape index (κ3) is 4.28. The first-order valence-corrected chi connectivity index (χ1v) is 10.0. The van der Waals surface area contributed by atoms with Crippen molar-refractivity contribution in [1.29, 1.82) is 0 Å². The number of fused-ring (bicyclic) bond motifs is 1. The van der Waals surface area contributed by atoms with E-state index in [0.717, 1.165) is 22.7 Å². The van der Waals surface area contributed by atoms with Crippen molar-refractivity contribution in [3.63, 3.8) is 0 Å². The largest absolute Gasteiger partial charge is 0.417 e. The number of rotatable bonds is 6. The van der Waals surface area contributed by atoms with E-state index in [2.05, 4.69) is 25.4 Å². The monoisotopic (exact) mass is 446 g/mol. The molecule has 3 aromatic rings. The third-order valence-electron chi connectivity index (χ3n) is 4.18. The first-order valence-electron chi connectivity index (χ1n) is 8.54. The number of nitrogens with zero attached hydrogens (tertiary/aromatic N) is 4. The molecule has 0 aliphatic carbocycles. The molecule has 0 bridgehead atoms. The molecule has 30 heavy (non-hydrogen) atoms. The minimum absolute atomic E-state index is 0.0465. The number of alkyl halides is 3. The molecule has 1 unspecified atom stereocenters. The Morgan fingerprint density at radius 2 is 1.97 bits per heavy atom. The predicted octanol–water partition coefficient (Wildman–Crippen LogP) is 1.34. The predicted molar refractivity (Wildman–Crippen MR) is 95.6 cm³/mol. The summed E-state index contributed by atoms with van der Waals surface area (Å²) in [5.74, 6) is -0.595. The summed E-state index contributed by atoms with van der Waals surface area (Å²) in [6, 6.07) is 0.841. The molecule has 3 heterocycles. The summed E-state index contributed by atoms with van der Waals surface area (Å²) in [6.45, 7) is 3.92. The number of aryl methyl sites for hydroxylation is 2. The summed E-state index contributed by atoms with van der Waals surface area (Å²) in [5, 5.41) is 13.5. The second-order valence-electron chi connectivity index (χ2n) is 6.47. The van der Waals surface area contributed by atoms with E-state index >= 15 is 0 Å². The number of nitrogens with one attached hydrogen (secondary N) is 2. The first kappa shape index (κ1) is 21.7. The molecule has 10 nitrogen and oxygen atoms in total. The van der Waals surface area contributed by atoms with Crippen LogP contribution in [0.5, 0.6) is 0 Å². The van der Waals surface area contributed by atoms with E-state index in [9.17, 15) is 26.4 Å². The standard InChI is InChI=1S/C16H17F3N6O4S/c1-8-14(10(3)29-23-8)30(27,28)24-9(2)15(26)20-6-13-22-21-12-5-4-11(7-25(12)13)16(17,18)19/h4-5,7,9,24H,6H2,1-3H3,(H,20,26). The molecule has 1 amide bonds. The molecule has 162 valence electrons. The number of sulfonamides is 1. The zero-order valence-corrected chi connectivity index (χ0v) is 16.8. The molecule has 3 aromatic heterocycles. The topological polar surface area (TPSA) is 131 Å². The van der Waals surface area contributed by atoms with Gasteiger partial charge in [0.15, 0.2) is 17.2 Å². The van der Waals surface area contributed by atoms with Gasteiger partial charge in [-0.15, -0.1) is 10.2 Å². The maximum absolute atomic E-state index is 12.9. The highest BCUT2D eigenvalue weighted by molar-refractivity contribution is 7.89. The molecule has 0 fully saturated rings. The zero-order chi connectivity index (χ0) is 22.3. The molecule has 0 aliphatic heterocycles. The molecule has 14 heteroatoms. The molecule has 0 aromatic carbocycles. The summed E-state index contributed by atoms with van der Waals surface area (Å²) in [5.41, 5.74) is -0.592. The number of hydrogen-bond acceptors (Lipinski definition) is 7. The molecule has 0 radical (unpaired) electrons. The van der Waals surface area contributed by atoms with Gasteiger partial charge in [0.25, 0.3) is 0 Å². The van der Waals surface area contributed by atoms with Crippen molar-refractivity contribution in [3.8, 4) is 0 Å². The van der Waals surface area contributed by atoms with Crippen LogP contribution in [-0.4, -0.2) is 40.1 Å². The van der Waals surface area contributed by atoms with Gasteiger partial charge in [0.05, 0.1) is 18.2 Å². The van der Waals surface area contributed by atoms with Crippen LogP contribution in [0.15, 0.2) is 27.7 Å². The quantitative estimate of drug-likeness (QED) is 0.584. The van der Waals surface area contributed by atoms with Gasteiger partial charge in [0, 0.05) is 6.20 Å². The summed E-state index contributed by atoms with van der Waals surface area (Å²) in [6.07, 6.45) is -3.73. The third-order valence-corrected chi connectivity index (χ3v) is 5.97. The maximum Gasteiger partial charge on any atom is 0.417 e. The van der Waals surface area contributed by atoms with Crippen LogP contribution in [0.1, 0.15) is 29.8 Å². The van der Waals surface area contributed by atoms with Crippen LogP contribution in [0.4, 0.5) is 13.2 Å². The number of carbonyl (C=O) groups excluding carboxylic acids is 1. The average Bonchev–Trinajstić information content (AvgIpc) is 3.20. The molecule has 0 spiro atoms. The van der Waals surface area contributed by atoms with Crippen LogP contribution in [0.25, 0.3) is 5.65 Å². The Labute approximate surface area is 168 Å². The lowest BCUT2D eigenvalue weighted by atomic mass is 10.3. The lowest BCUT2D eigenvalue weighted by Crippen LogP contribution is -2.44. The summed E-state index contributed by atoms with van der Waals surface area (Å²) in [4.78, 5) is 12.1. The first-order chi connectivity index (χ1) is 13.9. The fraction of sp³-hybridized carbons (Fsp3) is 0.375. The molecule has 0 aliphatic rings. The van der Waals surface area contributed by atoms with Crippen LogP contribution in [0, 0.1) is 13.8 Å². The van der Waals surface area contributed by atoms with Gasteiger partial charge in [0.2, 0.25) is 15.9 Å². The zero-order valence-electron chi connectivity index (χ0n) is 16.0. The van der Waals surface area contributed by atoms with Gasteiger partial charge in [0.1, 0.15) is 10.6 Å². The highest BCUT2D eigenvalue weighted by Crippen LogP contribution is 2.29. The number of pyridine rings is 1. The fourth-order valence-electron chi connectivity index (χ4n) is 2.75. The van der Waals surface area contributed by atoms with E-state index in [1.165, 1.54) is 20.8 Å². The number of halogens is 3. The number of hydrogen-bond donors (Lipinski definition) is 2. The minimum Gasteiger partial charge on any atom is -0.360 e. The van der Waals surface area contributed by atoms with Crippen LogP contribution >= 0.6 is 0 Å². The van der Waals surface area contributed by atoms with Gasteiger partial charge in [-0.05, 0) is 32.9 Å². The summed E-state index contributed by atoms with van der Waals surface area (Å²) < 4.78 is 71.8. The van der Waals surface area contributed by atoms with Gasteiger partial charge >= 0.3 is 6.18 Å². The van der Waals surface area contributed by atoms with Gasteiger partial charge in [-0.3, -0.25) is 9.20 Å². The second kappa shape index (κ2) is 7.68. The van der Waals surface area contributed by atoms with E-state index in [-0.39, 0.29) is 34.4 Å². The van der Waals surface area contributed by atoms with Gasteiger partial charge < -0.3 is 9.84 Å². The molecular formula is C16H17F3N6O4S. The number of carbonyl (C=O) groups is 1. The second-order valence-corrected chi connectivity index (χ2v) is 8.12. The van der Waals surface area contributed by atoms with Crippen molar-refractivity contribution >= 4 is 21.6 Å². The van der Waals surface area contributed by atoms with Crippen LogP contribution in [0.3, 0.4) is 0 Å². The number of amides is 1. The van der Waals surface area contributed by atoms with Crippen LogP contribution < -0.4 is 10.0 Å². The Hall–Kier alpha value is -3.00. The Kier molecular flexibility index (Phi) is 5.56. The van der Waals surface area contributed by atoms with Crippen molar-refractivity contribution in [1.82, 2.24) is 29.8 Å². The minimum atomic E-state index is -4.55. The van der Waals surface area contributed by atoms with Gasteiger partial charge in [-0.25, -0.2) is 8.42 Å². The Morgan fingerprint density at radius 3 is 2.57 bits per heavy atom. The van der Waals surface area contributed by atoms with E-state index in [0.29, 0.717) is 0 Å². The van der Waals surface area contributed by atoms with Crippen molar-refractivity contribution in [2.24, 2.45) is 0 Å². The van der Waals surface area contributed by atoms with Gasteiger partial charge in [-0.1, -0.05) is 5.16 Å². The number of aromatic nitrogens is 4. The summed E-state index contributed by atoms with van der Waals surface area (Å²) >= 11 is 0. The van der Waals surface area contributed by atoms with E-state index in [1.807, 2.05) is 0 Å². The highest BCUT2D eigenvalue weighted by atomic mass is 32.2. The molecule has 1 atom stereocenters. The Bertz CT molecular complexity index is 1180. The van der Waals surface area contributed by atoms with Crippen molar-refractivity contribution < 1.29 is 30.9 Å². The molecule has 2 N–H and O–H groups in total. The highest BCUT2D eigenvalue weighted by Gasteiger charge is 2.31. The SMILES string of the molecule is Cc1noc(C)c1S(=O)(=O)NC(C)C(=O)NCc1nnc2ccc(C(F)(F)F)cn12. The van der Waals surface area contributed by atoms with Crippen molar-refractivity contribution in [3.05, 3.63) is 41.2 Å². The Morgan fingerprint density at radius 1 is 1.27 bits per heavy atom. The Balaban J connectivity index is 1.71. The lowest BCUT2D eigenvalue weighted by Gasteiger charge is -2.14. The van der Waals surface area contributed by atoms with Gasteiger partial charge in [-0.2, -0.15) is 17.9 Å². The van der Waals surface area contributed by atoms with E-state index < -0.39 is 33.7 Å². The lowest BCUT2D eigenvalue weighted by molar-refractivity contribution is -0.137. The van der Waals surface area contributed by atoms with Crippen molar-refractivity contribution in [2.45, 2.75) is 44.4 Å².